The Kier molecular flexibility index (Phi) is 3.85. The molecule has 0 radical (unpaired) electrons. The summed E-state index contributed by atoms with van der Waals surface area (Å²) in [6.45, 7) is 2.79. The molecule has 4 nitrogen and oxygen atoms in total. The Bertz CT molecular complexity index is 674. The monoisotopic (exact) mass is 308 g/mol. The fourth-order valence-electron chi connectivity index (χ4n) is 3.57. The maximum Gasteiger partial charge on any atom is 0.253 e. The van der Waals surface area contributed by atoms with Gasteiger partial charge in [0.15, 0.2) is 0 Å². The average Bonchev–Trinajstić information content (AvgIpc) is 2.99. The fraction of sp³-hybridized carbons (Fsp3) is 0.316. The van der Waals surface area contributed by atoms with Crippen LogP contribution in [0.4, 0.5) is 5.69 Å². The molecule has 1 amide bonds. The SMILES string of the molecule is O=C1COC2CN(Cc3ccccc3)CC2N1c1ccccc1. The second-order valence-electron chi connectivity index (χ2n) is 6.20. The third kappa shape index (κ3) is 2.87. The molecule has 0 saturated carbocycles. The molecule has 118 valence electrons. The highest BCUT2D eigenvalue weighted by atomic mass is 16.5. The van der Waals surface area contributed by atoms with Crippen molar-refractivity contribution in [2.24, 2.45) is 0 Å². The van der Waals surface area contributed by atoms with Crippen molar-refractivity contribution >= 4 is 11.6 Å². The van der Waals surface area contributed by atoms with Gasteiger partial charge < -0.3 is 9.64 Å². The molecule has 2 atom stereocenters. The summed E-state index contributed by atoms with van der Waals surface area (Å²) in [5, 5.41) is 0. The Hall–Kier alpha value is -2.17. The van der Waals surface area contributed by atoms with Gasteiger partial charge in [-0.1, -0.05) is 48.5 Å². The van der Waals surface area contributed by atoms with Crippen molar-refractivity contribution in [2.45, 2.75) is 18.7 Å². The molecule has 2 aliphatic rings. The molecule has 0 N–H and O–H groups in total. The van der Waals surface area contributed by atoms with E-state index in [2.05, 4.69) is 29.2 Å². The van der Waals surface area contributed by atoms with Gasteiger partial charge in [-0.25, -0.2) is 0 Å². The molecule has 4 heteroatoms. The molecule has 2 aromatic rings. The van der Waals surface area contributed by atoms with E-state index in [9.17, 15) is 4.79 Å². The van der Waals surface area contributed by atoms with E-state index in [0.717, 1.165) is 25.3 Å². The van der Waals surface area contributed by atoms with Gasteiger partial charge in [-0.3, -0.25) is 9.69 Å². The van der Waals surface area contributed by atoms with Crippen LogP contribution in [-0.4, -0.2) is 42.6 Å². The summed E-state index contributed by atoms with van der Waals surface area (Å²) < 4.78 is 5.80. The molecule has 2 unspecified atom stereocenters. The lowest BCUT2D eigenvalue weighted by molar-refractivity contribution is -0.130. The Morgan fingerprint density at radius 3 is 2.39 bits per heavy atom. The molecule has 23 heavy (non-hydrogen) atoms. The van der Waals surface area contributed by atoms with Crippen molar-refractivity contribution in [3.8, 4) is 0 Å². The molecule has 4 rings (SSSR count). The van der Waals surface area contributed by atoms with Crippen molar-refractivity contribution < 1.29 is 9.53 Å². The number of fused-ring (bicyclic) bond motifs is 1. The van der Waals surface area contributed by atoms with Gasteiger partial charge in [-0.2, -0.15) is 0 Å². The summed E-state index contributed by atoms with van der Waals surface area (Å²) in [5.41, 5.74) is 2.26. The lowest BCUT2D eigenvalue weighted by atomic mass is 10.1. The number of rotatable bonds is 3. The molecule has 2 aliphatic heterocycles. The summed E-state index contributed by atoms with van der Waals surface area (Å²) in [4.78, 5) is 16.7. The molecular weight excluding hydrogens is 288 g/mol. The molecule has 0 aliphatic carbocycles. The Morgan fingerprint density at radius 2 is 1.65 bits per heavy atom. The van der Waals surface area contributed by atoms with Crippen molar-refractivity contribution in [1.29, 1.82) is 0 Å². The Morgan fingerprint density at radius 1 is 0.957 bits per heavy atom. The van der Waals surface area contributed by atoms with Gasteiger partial charge in [-0.15, -0.1) is 0 Å². The second kappa shape index (κ2) is 6.14. The van der Waals surface area contributed by atoms with E-state index in [0.29, 0.717) is 0 Å². The third-order valence-electron chi connectivity index (χ3n) is 4.62. The van der Waals surface area contributed by atoms with Crippen LogP contribution in [0.3, 0.4) is 0 Å². The number of amides is 1. The van der Waals surface area contributed by atoms with E-state index in [1.165, 1.54) is 5.56 Å². The van der Waals surface area contributed by atoms with Gasteiger partial charge in [0.2, 0.25) is 0 Å². The normalized spacial score (nSPS) is 24.7. The Balaban J connectivity index is 1.53. The predicted octanol–water partition coefficient (Wildman–Crippen LogP) is 2.30. The Labute approximate surface area is 136 Å². The molecule has 2 aromatic carbocycles. The number of para-hydroxylation sites is 1. The first-order valence-electron chi connectivity index (χ1n) is 8.06. The number of hydrogen-bond donors (Lipinski definition) is 0. The number of nitrogens with zero attached hydrogens (tertiary/aromatic N) is 2. The van der Waals surface area contributed by atoms with E-state index in [-0.39, 0.29) is 24.7 Å². The largest absolute Gasteiger partial charge is 0.365 e. The highest BCUT2D eigenvalue weighted by Crippen LogP contribution is 2.29. The van der Waals surface area contributed by atoms with Crippen LogP contribution in [0.5, 0.6) is 0 Å². The summed E-state index contributed by atoms with van der Waals surface area (Å²) >= 11 is 0. The van der Waals surface area contributed by atoms with Crippen LogP contribution >= 0.6 is 0 Å². The molecular formula is C19H20N2O2. The standard InChI is InChI=1S/C19H20N2O2/c22-19-14-23-18-13-20(11-15-7-3-1-4-8-15)12-17(18)21(19)16-9-5-2-6-10-16/h1-10,17-18H,11-14H2. The first-order chi connectivity index (χ1) is 11.3. The van der Waals surface area contributed by atoms with E-state index in [1.54, 1.807) is 0 Å². The van der Waals surface area contributed by atoms with Crippen molar-refractivity contribution in [2.75, 3.05) is 24.6 Å². The van der Waals surface area contributed by atoms with Crippen LogP contribution in [0.2, 0.25) is 0 Å². The average molecular weight is 308 g/mol. The van der Waals surface area contributed by atoms with Gasteiger partial charge in [0.25, 0.3) is 5.91 Å². The smallest absolute Gasteiger partial charge is 0.253 e. The highest BCUT2D eigenvalue weighted by Gasteiger charge is 2.43. The third-order valence-corrected chi connectivity index (χ3v) is 4.62. The van der Waals surface area contributed by atoms with E-state index >= 15 is 0 Å². The zero-order chi connectivity index (χ0) is 15.6. The number of carbonyl (C=O) groups excluding carboxylic acids is 1. The van der Waals surface area contributed by atoms with Crippen LogP contribution in [0.15, 0.2) is 60.7 Å². The van der Waals surface area contributed by atoms with Crippen LogP contribution in [0.25, 0.3) is 0 Å². The zero-order valence-electron chi connectivity index (χ0n) is 13.0. The van der Waals surface area contributed by atoms with Gasteiger partial charge in [0, 0.05) is 25.3 Å². The number of anilines is 1. The van der Waals surface area contributed by atoms with Crippen molar-refractivity contribution in [3.63, 3.8) is 0 Å². The minimum atomic E-state index is 0.0546. The molecule has 0 bridgehead atoms. The number of hydrogen-bond acceptors (Lipinski definition) is 3. The van der Waals surface area contributed by atoms with Crippen LogP contribution in [-0.2, 0) is 16.1 Å². The highest BCUT2D eigenvalue weighted by molar-refractivity contribution is 5.95. The van der Waals surface area contributed by atoms with Gasteiger partial charge in [0.1, 0.15) is 6.61 Å². The first-order valence-corrected chi connectivity index (χ1v) is 8.06. The molecule has 0 aromatic heterocycles. The molecule has 2 heterocycles. The lowest BCUT2D eigenvalue weighted by Gasteiger charge is -2.36. The van der Waals surface area contributed by atoms with Gasteiger partial charge in [0.05, 0.1) is 12.1 Å². The van der Waals surface area contributed by atoms with Crippen LogP contribution in [0, 0.1) is 0 Å². The minimum absolute atomic E-state index is 0.0546. The van der Waals surface area contributed by atoms with Crippen LogP contribution in [0.1, 0.15) is 5.56 Å². The molecule has 2 fully saturated rings. The van der Waals surface area contributed by atoms with E-state index in [4.69, 9.17) is 4.74 Å². The number of morpholine rings is 1. The molecule has 2 saturated heterocycles. The maximum absolute atomic E-state index is 12.4. The summed E-state index contributed by atoms with van der Waals surface area (Å²) in [6, 6.07) is 20.5. The molecule has 0 spiro atoms. The van der Waals surface area contributed by atoms with Gasteiger partial charge >= 0.3 is 0 Å². The van der Waals surface area contributed by atoms with Crippen molar-refractivity contribution in [3.05, 3.63) is 66.2 Å². The zero-order valence-corrected chi connectivity index (χ0v) is 13.0. The van der Waals surface area contributed by atoms with E-state index < -0.39 is 0 Å². The fourth-order valence-corrected chi connectivity index (χ4v) is 3.57. The van der Waals surface area contributed by atoms with Gasteiger partial charge in [-0.05, 0) is 17.7 Å². The first kappa shape index (κ1) is 14.4. The minimum Gasteiger partial charge on any atom is -0.365 e. The number of likely N-dealkylation sites (tertiary alicyclic amines) is 1. The maximum atomic E-state index is 12.4. The predicted molar refractivity (Wildman–Crippen MR) is 89.2 cm³/mol. The van der Waals surface area contributed by atoms with Crippen LogP contribution < -0.4 is 4.90 Å². The number of benzene rings is 2. The summed E-state index contributed by atoms with van der Waals surface area (Å²) in [7, 11) is 0. The summed E-state index contributed by atoms with van der Waals surface area (Å²) in [6.07, 6.45) is 0.0941. The number of ether oxygens (including phenoxy) is 1. The van der Waals surface area contributed by atoms with Crippen molar-refractivity contribution in [1.82, 2.24) is 4.90 Å². The quantitative estimate of drug-likeness (QED) is 0.872. The second-order valence-corrected chi connectivity index (χ2v) is 6.20. The van der Waals surface area contributed by atoms with E-state index in [1.807, 2.05) is 41.3 Å². The lowest BCUT2D eigenvalue weighted by Crippen LogP contribution is -2.54. The topological polar surface area (TPSA) is 32.8 Å². The number of carbonyl (C=O) groups is 1. The summed E-state index contributed by atoms with van der Waals surface area (Å²) in [5.74, 6) is 0.0546.